The molecular formula is C26H23F4N5O3. The minimum absolute atomic E-state index is 0.00369. The fraction of sp³-hybridized carbons (Fsp3) is 0.308. The predicted molar refractivity (Wildman–Crippen MR) is 130 cm³/mol. The van der Waals surface area contributed by atoms with Crippen LogP contribution in [0.2, 0.25) is 0 Å². The Morgan fingerprint density at radius 1 is 1.16 bits per heavy atom. The molecule has 198 valence electrons. The highest BCUT2D eigenvalue weighted by Gasteiger charge is 2.37. The summed E-state index contributed by atoms with van der Waals surface area (Å²) < 4.78 is 55.3. The third-order valence-corrected chi connectivity index (χ3v) is 6.65. The van der Waals surface area contributed by atoms with Crippen LogP contribution < -0.4 is 10.9 Å². The molecule has 3 aromatic heterocycles. The highest BCUT2D eigenvalue weighted by molar-refractivity contribution is 5.94. The quantitative estimate of drug-likeness (QED) is 0.338. The van der Waals surface area contributed by atoms with Crippen molar-refractivity contribution in [3.63, 3.8) is 0 Å². The summed E-state index contributed by atoms with van der Waals surface area (Å²) in [6.45, 7) is -0.0376. The van der Waals surface area contributed by atoms with Gasteiger partial charge in [0.15, 0.2) is 5.69 Å². The maximum atomic E-state index is 14.4. The Kier molecular flexibility index (Phi) is 6.74. The molecule has 0 saturated heterocycles. The van der Waals surface area contributed by atoms with Gasteiger partial charge in [0.2, 0.25) is 0 Å². The van der Waals surface area contributed by atoms with E-state index >= 15 is 0 Å². The Morgan fingerprint density at radius 3 is 2.66 bits per heavy atom. The lowest BCUT2D eigenvalue weighted by Gasteiger charge is -2.26. The molecule has 0 aliphatic heterocycles. The summed E-state index contributed by atoms with van der Waals surface area (Å²) in [4.78, 5) is 29.8. The molecule has 1 aliphatic rings. The highest BCUT2D eigenvalue weighted by Crippen LogP contribution is 2.35. The van der Waals surface area contributed by atoms with Gasteiger partial charge in [-0.25, -0.2) is 4.39 Å². The van der Waals surface area contributed by atoms with Gasteiger partial charge < -0.3 is 15.0 Å². The number of fused-ring (bicyclic) bond motifs is 1. The molecule has 0 bridgehead atoms. The van der Waals surface area contributed by atoms with Gasteiger partial charge in [0.25, 0.3) is 11.5 Å². The van der Waals surface area contributed by atoms with Crippen molar-refractivity contribution in [2.45, 2.75) is 50.6 Å². The number of alkyl halides is 3. The van der Waals surface area contributed by atoms with Gasteiger partial charge in [-0.15, -0.1) is 0 Å². The van der Waals surface area contributed by atoms with Crippen LogP contribution in [0, 0.1) is 5.82 Å². The number of hydrogen-bond donors (Lipinski definition) is 3. The fourth-order valence-electron chi connectivity index (χ4n) is 4.71. The van der Waals surface area contributed by atoms with Crippen molar-refractivity contribution in [1.82, 2.24) is 25.1 Å². The second-order valence-corrected chi connectivity index (χ2v) is 9.38. The van der Waals surface area contributed by atoms with Gasteiger partial charge in [-0.2, -0.15) is 18.3 Å². The van der Waals surface area contributed by atoms with Crippen molar-refractivity contribution in [3.05, 3.63) is 81.9 Å². The number of nitrogens with zero attached hydrogens (tertiary/aromatic N) is 3. The maximum Gasteiger partial charge on any atom is 0.435 e. The number of H-pyrrole nitrogens is 1. The van der Waals surface area contributed by atoms with Crippen molar-refractivity contribution in [3.8, 4) is 11.3 Å². The van der Waals surface area contributed by atoms with E-state index < -0.39 is 29.2 Å². The number of amides is 1. The first-order valence-corrected chi connectivity index (χ1v) is 12.0. The van der Waals surface area contributed by atoms with E-state index in [4.69, 9.17) is 0 Å². The Labute approximate surface area is 213 Å². The van der Waals surface area contributed by atoms with E-state index in [1.54, 1.807) is 6.07 Å². The topological polar surface area (TPSA) is 113 Å². The lowest BCUT2D eigenvalue weighted by Crippen LogP contribution is -2.38. The van der Waals surface area contributed by atoms with Crippen molar-refractivity contribution >= 4 is 16.7 Å². The van der Waals surface area contributed by atoms with E-state index in [9.17, 15) is 32.3 Å². The zero-order chi connectivity index (χ0) is 27.0. The number of benzene rings is 1. The second kappa shape index (κ2) is 10.0. The molecule has 1 saturated carbocycles. The molecule has 1 fully saturated rings. The number of halogens is 4. The number of rotatable bonds is 5. The highest BCUT2D eigenvalue weighted by atomic mass is 19.4. The Balaban J connectivity index is 1.39. The van der Waals surface area contributed by atoms with E-state index in [-0.39, 0.29) is 40.9 Å². The summed E-state index contributed by atoms with van der Waals surface area (Å²) in [7, 11) is 0. The largest absolute Gasteiger partial charge is 0.435 e. The first-order valence-electron chi connectivity index (χ1n) is 12.0. The van der Waals surface area contributed by atoms with Gasteiger partial charge in [-0.1, -0.05) is 0 Å². The zero-order valence-corrected chi connectivity index (χ0v) is 19.9. The van der Waals surface area contributed by atoms with E-state index in [1.807, 2.05) is 0 Å². The van der Waals surface area contributed by atoms with E-state index in [1.165, 1.54) is 35.2 Å². The summed E-state index contributed by atoms with van der Waals surface area (Å²) in [6.07, 6.45) is 1.15. The molecular weight excluding hydrogens is 506 g/mol. The molecule has 8 nitrogen and oxygen atoms in total. The van der Waals surface area contributed by atoms with Gasteiger partial charge >= 0.3 is 6.18 Å². The molecule has 5 rings (SSSR count). The van der Waals surface area contributed by atoms with Gasteiger partial charge in [-0.3, -0.25) is 19.7 Å². The average molecular weight is 529 g/mol. The van der Waals surface area contributed by atoms with Crippen LogP contribution in [0.5, 0.6) is 0 Å². The lowest BCUT2D eigenvalue weighted by molar-refractivity contribution is -0.140. The minimum atomic E-state index is -4.67. The van der Waals surface area contributed by atoms with E-state index in [0.29, 0.717) is 36.6 Å². The number of aromatic nitrogens is 4. The van der Waals surface area contributed by atoms with Crippen LogP contribution >= 0.6 is 0 Å². The average Bonchev–Trinajstić information content (AvgIpc) is 3.38. The molecule has 0 atom stereocenters. The van der Waals surface area contributed by atoms with Crippen molar-refractivity contribution in [2.75, 3.05) is 0 Å². The third-order valence-electron chi connectivity index (χ3n) is 6.65. The molecule has 38 heavy (non-hydrogen) atoms. The number of carbonyl (C=O) groups excluding carboxylic acids is 1. The smallest absolute Gasteiger partial charge is 0.393 e. The molecule has 12 heteroatoms. The van der Waals surface area contributed by atoms with Gasteiger partial charge in [-0.05, 0) is 67.0 Å². The van der Waals surface area contributed by atoms with Crippen molar-refractivity contribution in [2.24, 2.45) is 0 Å². The van der Waals surface area contributed by atoms with Gasteiger partial charge in [0, 0.05) is 30.2 Å². The van der Waals surface area contributed by atoms with Crippen molar-refractivity contribution < 1.29 is 27.5 Å². The first-order chi connectivity index (χ1) is 18.1. The normalized spacial score (nSPS) is 18.0. The van der Waals surface area contributed by atoms with E-state index in [0.717, 1.165) is 12.3 Å². The summed E-state index contributed by atoms with van der Waals surface area (Å²) in [5, 5.41) is 18.5. The van der Waals surface area contributed by atoms with Crippen LogP contribution in [0.25, 0.3) is 22.0 Å². The molecule has 1 aliphatic carbocycles. The third kappa shape index (κ3) is 5.30. The molecule has 4 aromatic rings. The van der Waals surface area contributed by atoms with Gasteiger partial charge in [0.05, 0.1) is 29.3 Å². The standard InChI is InChI=1S/C26H23F4N5O3/c27-17-8-14(7-16(9-17)24(37)33-18-1-3-19(36)4-2-18)13-35-6-5-15-10-22(31-11-20(15)25(35)38)21-12-32-34-23(21)26(28,29)30/h5-12,18-19,36H,1-4,13H2,(H,32,34)(H,33,37)/t18-,19-. The summed E-state index contributed by atoms with van der Waals surface area (Å²) in [5.74, 6) is -1.07. The Morgan fingerprint density at radius 2 is 1.92 bits per heavy atom. The fourth-order valence-corrected chi connectivity index (χ4v) is 4.71. The first kappa shape index (κ1) is 25.6. The molecule has 1 amide bonds. The number of nitrogens with one attached hydrogen (secondary N) is 2. The number of aliphatic hydroxyl groups is 1. The molecule has 3 heterocycles. The number of aliphatic hydroxyl groups excluding tert-OH is 1. The van der Waals surface area contributed by atoms with Gasteiger partial charge in [0.1, 0.15) is 5.82 Å². The van der Waals surface area contributed by atoms with Crippen LogP contribution in [0.3, 0.4) is 0 Å². The number of carbonyl (C=O) groups is 1. The summed E-state index contributed by atoms with van der Waals surface area (Å²) >= 11 is 0. The molecule has 0 unspecified atom stereocenters. The summed E-state index contributed by atoms with van der Waals surface area (Å²) in [6, 6.07) is 6.67. The van der Waals surface area contributed by atoms with Crippen LogP contribution in [-0.4, -0.2) is 42.9 Å². The predicted octanol–water partition coefficient (Wildman–Crippen LogP) is 4.03. The SMILES string of the molecule is O=C(N[C@H]1CC[C@H](O)CC1)c1cc(F)cc(Cn2ccc3cc(-c4c[nH]nc4C(F)(F)F)ncc3c2=O)c1. The van der Waals surface area contributed by atoms with Crippen LogP contribution in [-0.2, 0) is 12.7 Å². The summed E-state index contributed by atoms with van der Waals surface area (Å²) in [5.41, 5.74) is -1.31. The number of pyridine rings is 2. The Hall–Kier alpha value is -4.06. The van der Waals surface area contributed by atoms with Crippen LogP contribution in [0.4, 0.5) is 17.6 Å². The lowest BCUT2D eigenvalue weighted by atomic mass is 9.93. The molecule has 3 N–H and O–H groups in total. The van der Waals surface area contributed by atoms with Crippen molar-refractivity contribution in [1.29, 1.82) is 0 Å². The van der Waals surface area contributed by atoms with Crippen LogP contribution in [0.15, 0.2) is 53.7 Å². The molecule has 0 spiro atoms. The Bertz CT molecular complexity index is 1550. The minimum Gasteiger partial charge on any atom is -0.393 e. The molecule has 1 aromatic carbocycles. The molecule has 0 radical (unpaired) electrons. The number of hydrogen-bond acceptors (Lipinski definition) is 5. The second-order valence-electron chi connectivity index (χ2n) is 9.38. The zero-order valence-electron chi connectivity index (χ0n) is 19.9. The monoisotopic (exact) mass is 529 g/mol. The number of aromatic amines is 1. The van der Waals surface area contributed by atoms with Crippen LogP contribution in [0.1, 0.15) is 47.3 Å². The van der Waals surface area contributed by atoms with E-state index in [2.05, 4.69) is 20.5 Å². The maximum absolute atomic E-state index is 14.4.